The number of aliphatic imine (C=N–C) groups is 1. The number of ether oxygens (including phenoxy) is 1. The lowest BCUT2D eigenvalue weighted by atomic mass is 10.3. The van der Waals surface area contributed by atoms with E-state index in [0.29, 0.717) is 12.6 Å². The van der Waals surface area contributed by atoms with Gasteiger partial charge in [0.1, 0.15) is 0 Å². The lowest BCUT2D eigenvalue weighted by molar-refractivity contribution is 0.325. The number of hydrogen-bond donors (Lipinski definition) is 1. The fourth-order valence-corrected chi connectivity index (χ4v) is 0.938. The van der Waals surface area contributed by atoms with Crippen LogP contribution in [0.5, 0.6) is 0 Å². The number of benzene rings is 1. The van der Waals surface area contributed by atoms with Crippen molar-refractivity contribution in [1.82, 2.24) is 0 Å². The van der Waals surface area contributed by atoms with Crippen molar-refractivity contribution in [2.75, 3.05) is 19.0 Å². The standard InChI is InChI=1S/C10H14N2O/c1-3-13-10(11-2)12-9-7-5-4-6-8-9/h4-8H,3H2,1-2H3,(H,11,12). The van der Waals surface area contributed by atoms with Crippen LogP contribution in [0.1, 0.15) is 6.92 Å². The van der Waals surface area contributed by atoms with Crippen molar-refractivity contribution in [3.05, 3.63) is 30.3 Å². The second-order valence-corrected chi connectivity index (χ2v) is 2.45. The summed E-state index contributed by atoms with van der Waals surface area (Å²) in [7, 11) is 1.70. The first kappa shape index (κ1) is 9.58. The molecule has 1 rings (SSSR count). The summed E-state index contributed by atoms with van der Waals surface area (Å²) in [6, 6.07) is 10.4. The summed E-state index contributed by atoms with van der Waals surface area (Å²) in [4.78, 5) is 3.96. The van der Waals surface area contributed by atoms with E-state index in [0.717, 1.165) is 5.69 Å². The highest BCUT2D eigenvalue weighted by atomic mass is 16.5. The zero-order valence-electron chi connectivity index (χ0n) is 7.95. The van der Waals surface area contributed by atoms with Crippen LogP contribution in [0.25, 0.3) is 0 Å². The van der Waals surface area contributed by atoms with Crippen LogP contribution in [0.4, 0.5) is 5.69 Å². The summed E-state index contributed by atoms with van der Waals surface area (Å²) in [5.74, 6) is 0. The summed E-state index contributed by atoms with van der Waals surface area (Å²) in [5.41, 5.74) is 0.983. The molecule has 0 radical (unpaired) electrons. The predicted octanol–water partition coefficient (Wildman–Crippen LogP) is 2.12. The van der Waals surface area contributed by atoms with Gasteiger partial charge in [-0.15, -0.1) is 0 Å². The van der Waals surface area contributed by atoms with Gasteiger partial charge in [0, 0.05) is 12.7 Å². The van der Waals surface area contributed by atoms with Crippen molar-refractivity contribution in [2.45, 2.75) is 6.92 Å². The third kappa shape index (κ3) is 3.15. The van der Waals surface area contributed by atoms with Gasteiger partial charge in [-0.3, -0.25) is 0 Å². The maximum atomic E-state index is 5.23. The molecule has 70 valence electrons. The molecule has 0 amide bonds. The average molecular weight is 178 g/mol. The second kappa shape index (κ2) is 5.19. The van der Waals surface area contributed by atoms with Gasteiger partial charge in [-0.25, -0.2) is 4.99 Å². The van der Waals surface area contributed by atoms with Crippen LogP contribution >= 0.6 is 0 Å². The topological polar surface area (TPSA) is 33.6 Å². The first-order valence-corrected chi connectivity index (χ1v) is 4.28. The highest BCUT2D eigenvalue weighted by Crippen LogP contribution is 2.04. The lowest BCUT2D eigenvalue weighted by Gasteiger charge is -2.08. The molecular formula is C10H14N2O. The monoisotopic (exact) mass is 178 g/mol. The molecule has 0 saturated carbocycles. The molecule has 1 aromatic carbocycles. The molecule has 0 unspecified atom stereocenters. The van der Waals surface area contributed by atoms with Gasteiger partial charge in [0.2, 0.25) is 0 Å². The zero-order valence-corrected chi connectivity index (χ0v) is 7.95. The number of para-hydroxylation sites is 1. The van der Waals surface area contributed by atoms with E-state index in [4.69, 9.17) is 4.74 Å². The highest BCUT2D eigenvalue weighted by Gasteiger charge is 1.96. The van der Waals surface area contributed by atoms with Crippen LogP contribution in [0.2, 0.25) is 0 Å². The Balaban J connectivity index is 2.58. The van der Waals surface area contributed by atoms with Crippen molar-refractivity contribution in [3.63, 3.8) is 0 Å². The van der Waals surface area contributed by atoms with Gasteiger partial charge in [0.05, 0.1) is 6.61 Å². The minimum Gasteiger partial charge on any atom is -0.465 e. The SMILES string of the molecule is CCOC(=NC)Nc1ccccc1. The van der Waals surface area contributed by atoms with E-state index in [-0.39, 0.29) is 0 Å². The van der Waals surface area contributed by atoms with Crippen LogP contribution in [0, 0.1) is 0 Å². The Morgan fingerprint density at radius 2 is 2.08 bits per heavy atom. The first-order valence-electron chi connectivity index (χ1n) is 4.28. The van der Waals surface area contributed by atoms with Gasteiger partial charge in [-0.2, -0.15) is 0 Å². The molecule has 1 aromatic rings. The van der Waals surface area contributed by atoms with Crippen molar-refractivity contribution in [1.29, 1.82) is 0 Å². The Bertz CT molecular complexity index is 270. The third-order valence-electron chi connectivity index (χ3n) is 1.51. The molecule has 3 nitrogen and oxygen atoms in total. The smallest absolute Gasteiger partial charge is 0.288 e. The minimum absolute atomic E-state index is 0.550. The molecule has 0 aliphatic carbocycles. The van der Waals surface area contributed by atoms with Crippen LogP contribution < -0.4 is 5.32 Å². The Kier molecular flexibility index (Phi) is 3.82. The van der Waals surface area contributed by atoms with E-state index >= 15 is 0 Å². The van der Waals surface area contributed by atoms with Gasteiger partial charge < -0.3 is 10.1 Å². The van der Waals surface area contributed by atoms with E-state index in [2.05, 4.69) is 10.3 Å². The molecule has 0 bridgehead atoms. The summed E-state index contributed by atoms with van der Waals surface area (Å²) < 4.78 is 5.23. The second-order valence-electron chi connectivity index (χ2n) is 2.45. The fourth-order valence-electron chi connectivity index (χ4n) is 0.938. The molecule has 0 spiro atoms. The van der Waals surface area contributed by atoms with E-state index < -0.39 is 0 Å². The van der Waals surface area contributed by atoms with Crippen LogP contribution in [-0.4, -0.2) is 19.7 Å². The van der Waals surface area contributed by atoms with E-state index in [1.807, 2.05) is 37.3 Å². The van der Waals surface area contributed by atoms with E-state index in [1.54, 1.807) is 7.05 Å². The Hall–Kier alpha value is -1.51. The molecule has 0 aromatic heterocycles. The Morgan fingerprint density at radius 1 is 1.38 bits per heavy atom. The number of anilines is 1. The van der Waals surface area contributed by atoms with Crippen molar-refractivity contribution >= 4 is 11.7 Å². The number of hydrogen-bond acceptors (Lipinski definition) is 2. The molecule has 0 aliphatic heterocycles. The molecule has 3 heteroatoms. The quantitative estimate of drug-likeness (QED) is 0.556. The van der Waals surface area contributed by atoms with E-state index in [9.17, 15) is 0 Å². The van der Waals surface area contributed by atoms with Crippen molar-refractivity contribution in [3.8, 4) is 0 Å². The van der Waals surface area contributed by atoms with Gasteiger partial charge in [-0.05, 0) is 19.1 Å². The average Bonchev–Trinajstić information content (AvgIpc) is 2.19. The van der Waals surface area contributed by atoms with Crippen molar-refractivity contribution in [2.24, 2.45) is 4.99 Å². The van der Waals surface area contributed by atoms with Gasteiger partial charge in [-0.1, -0.05) is 18.2 Å². The van der Waals surface area contributed by atoms with E-state index in [1.165, 1.54) is 0 Å². The zero-order chi connectivity index (χ0) is 9.52. The third-order valence-corrected chi connectivity index (χ3v) is 1.51. The normalized spacial score (nSPS) is 11.1. The molecule has 13 heavy (non-hydrogen) atoms. The van der Waals surface area contributed by atoms with Crippen LogP contribution in [0.3, 0.4) is 0 Å². The Labute approximate surface area is 78.4 Å². The van der Waals surface area contributed by atoms with Gasteiger partial charge in [0.15, 0.2) is 0 Å². The van der Waals surface area contributed by atoms with Crippen molar-refractivity contribution < 1.29 is 4.74 Å². The largest absolute Gasteiger partial charge is 0.465 e. The highest BCUT2D eigenvalue weighted by molar-refractivity contribution is 5.88. The summed E-state index contributed by atoms with van der Waals surface area (Å²) in [6.07, 6.45) is 0. The Morgan fingerprint density at radius 3 is 2.62 bits per heavy atom. The molecule has 0 atom stereocenters. The van der Waals surface area contributed by atoms with Gasteiger partial charge >= 0.3 is 0 Å². The first-order chi connectivity index (χ1) is 6.36. The van der Waals surface area contributed by atoms with Crippen LogP contribution in [0.15, 0.2) is 35.3 Å². The maximum Gasteiger partial charge on any atom is 0.288 e. The van der Waals surface area contributed by atoms with Gasteiger partial charge in [0.25, 0.3) is 6.02 Å². The summed E-state index contributed by atoms with van der Waals surface area (Å²) in [5, 5.41) is 3.06. The summed E-state index contributed by atoms with van der Waals surface area (Å²) >= 11 is 0. The number of amidine groups is 1. The minimum atomic E-state index is 0.550. The lowest BCUT2D eigenvalue weighted by Crippen LogP contribution is -2.15. The molecule has 0 aliphatic rings. The number of rotatable bonds is 2. The van der Waals surface area contributed by atoms with Crippen LogP contribution in [-0.2, 0) is 4.74 Å². The number of nitrogens with one attached hydrogen (secondary N) is 1. The predicted molar refractivity (Wildman–Crippen MR) is 55.0 cm³/mol. The fraction of sp³-hybridized carbons (Fsp3) is 0.300. The molecule has 0 heterocycles. The number of nitrogens with zero attached hydrogens (tertiary/aromatic N) is 1. The molecular weight excluding hydrogens is 164 g/mol. The molecule has 1 N–H and O–H groups in total. The molecule has 0 saturated heterocycles. The maximum absolute atomic E-state index is 5.23. The summed E-state index contributed by atoms with van der Waals surface area (Å²) in [6.45, 7) is 2.55. The molecule has 0 fully saturated rings.